The van der Waals surface area contributed by atoms with E-state index in [1.54, 1.807) is 12.1 Å². The highest BCUT2D eigenvalue weighted by molar-refractivity contribution is 5.94. The maximum Gasteiger partial charge on any atom is 0.573 e. The Balaban J connectivity index is 2.13. The number of rotatable bonds is 6. The van der Waals surface area contributed by atoms with Crippen molar-refractivity contribution in [2.24, 2.45) is 10.7 Å². The van der Waals surface area contributed by atoms with Crippen LogP contribution < -0.4 is 20.5 Å². The molecule has 28 heavy (non-hydrogen) atoms. The molecule has 0 aliphatic carbocycles. The molecule has 0 unspecified atom stereocenters. The second kappa shape index (κ2) is 8.98. The van der Waals surface area contributed by atoms with Crippen LogP contribution in [0.25, 0.3) is 0 Å². The van der Waals surface area contributed by atoms with Gasteiger partial charge in [0.25, 0.3) is 0 Å². The number of guanidine groups is 1. The molecule has 0 aliphatic rings. The van der Waals surface area contributed by atoms with E-state index >= 15 is 0 Å². The van der Waals surface area contributed by atoms with E-state index in [4.69, 9.17) is 10.5 Å². The Morgan fingerprint density at radius 2 is 1.86 bits per heavy atom. The van der Waals surface area contributed by atoms with Crippen LogP contribution in [0, 0.1) is 0 Å². The maximum absolute atomic E-state index is 12.5. The van der Waals surface area contributed by atoms with Crippen LogP contribution in [-0.4, -0.2) is 32.5 Å². The van der Waals surface area contributed by atoms with E-state index in [0.717, 1.165) is 6.07 Å². The molecular formula is C18H18F3N3O4. The third-order valence-corrected chi connectivity index (χ3v) is 3.48. The molecule has 0 atom stereocenters. The Morgan fingerprint density at radius 3 is 2.50 bits per heavy atom. The number of carbonyl (C=O) groups excluding carboxylic acids is 1. The fourth-order valence-electron chi connectivity index (χ4n) is 2.25. The monoisotopic (exact) mass is 397 g/mol. The van der Waals surface area contributed by atoms with E-state index in [1.165, 1.54) is 38.5 Å². The number of halogens is 3. The molecule has 0 bridgehead atoms. The third-order valence-electron chi connectivity index (χ3n) is 3.48. The summed E-state index contributed by atoms with van der Waals surface area (Å²) < 4.78 is 51.1. The van der Waals surface area contributed by atoms with Gasteiger partial charge in [0, 0.05) is 0 Å². The fourth-order valence-corrected chi connectivity index (χ4v) is 2.25. The number of anilines is 1. The van der Waals surface area contributed by atoms with Crippen molar-refractivity contribution in [3.8, 4) is 11.5 Å². The topological polar surface area (TPSA) is 95.2 Å². The van der Waals surface area contributed by atoms with E-state index in [1.807, 2.05) is 0 Å². The molecule has 150 valence electrons. The van der Waals surface area contributed by atoms with Crippen molar-refractivity contribution in [2.45, 2.75) is 12.9 Å². The molecule has 0 amide bonds. The van der Waals surface area contributed by atoms with Crippen molar-refractivity contribution in [3.63, 3.8) is 0 Å². The highest BCUT2D eigenvalue weighted by atomic mass is 19.4. The predicted molar refractivity (Wildman–Crippen MR) is 96.4 cm³/mol. The van der Waals surface area contributed by atoms with Crippen LogP contribution in [0.3, 0.4) is 0 Å². The number of carbonyl (C=O) groups is 1. The smallest absolute Gasteiger partial charge is 0.496 e. The van der Waals surface area contributed by atoms with Gasteiger partial charge in [-0.1, -0.05) is 18.2 Å². The number of ether oxygens (including phenoxy) is 3. The van der Waals surface area contributed by atoms with Gasteiger partial charge in [0.05, 0.1) is 26.5 Å². The fraction of sp³-hybridized carbons (Fsp3) is 0.222. The number of nitrogens with one attached hydrogen (secondary N) is 1. The molecule has 7 nitrogen and oxygen atoms in total. The summed E-state index contributed by atoms with van der Waals surface area (Å²) >= 11 is 0. The molecule has 2 aromatic carbocycles. The minimum Gasteiger partial charge on any atom is -0.496 e. The lowest BCUT2D eigenvalue weighted by molar-refractivity contribution is -0.274. The molecule has 0 aromatic heterocycles. The maximum atomic E-state index is 12.5. The lowest BCUT2D eigenvalue weighted by atomic mass is 10.1. The van der Waals surface area contributed by atoms with Gasteiger partial charge in [0.2, 0.25) is 0 Å². The van der Waals surface area contributed by atoms with E-state index in [-0.39, 0.29) is 23.8 Å². The van der Waals surface area contributed by atoms with Gasteiger partial charge in [-0.3, -0.25) is 0 Å². The Kier molecular flexibility index (Phi) is 6.69. The number of nitrogens with zero attached hydrogens (tertiary/aromatic N) is 1. The van der Waals surface area contributed by atoms with Crippen molar-refractivity contribution in [1.29, 1.82) is 0 Å². The first kappa shape index (κ1) is 20.9. The lowest BCUT2D eigenvalue weighted by Gasteiger charge is -2.14. The summed E-state index contributed by atoms with van der Waals surface area (Å²) in [7, 11) is 2.66. The van der Waals surface area contributed by atoms with Crippen LogP contribution in [0.2, 0.25) is 0 Å². The molecule has 3 N–H and O–H groups in total. The Bertz CT molecular complexity index is 869. The van der Waals surface area contributed by atoms with Crippen LogP contribution in [-0.2, 0) is 11.3 Å². The molecule has 10 heteroatoms. The molecule has 0 spiro atoms. The highest BCUT2D eigenvalue weighted by Crippen LogP contribution is 2.29. The molecule has 0 radical (unpaired) electrons. The van der Waals surface area contributed by atoms with Gasteiger partial charge >= 0.3 is 12.3 Å². The van der Waals surface area contributed by atoms with Crippen LogP contribution >= 0.6 is 0 Å². The van der Waals surface area contributed by atoms with Crippen LogP contribution in [0.4, 0.5) is 18.9 Å². The number of benzene rings is 2. The van der Waals surface area contributed by atoms with Crippen LogP contribution in [0.15, 0.2) is 47.5 Å². The molecule has 0 heterocycles. The number of aliphatic imine (C=N–C) groups is 1. The number of esters is 1. The van der Waals surface area contributed by atoms with E-state index in [2.05, 4.69) is 19.8 Å². The molecule has 0 fully saturated rings. The second-order valence-corrected chi connectivity index (χ2v) is 5.40. The van der Waals surface area contributed by atoms with Gasteiger partial charge < -0.3 is 25.3 Å². The number of alkyl halides is 3. The summed E-state index contributed by atoms with van der Waals surface area (Å²) in [5.74, 6) is -0.796. The van der Waals surface area contributed by atoms with Crippen molar-refractivity contribution >= 4 is 17.6 Å². The average Bonchev–Trinajstić information content (AvgIpc) is 2.66. The van der Waals surface area contributed by atoms with E-state index in [9.17, 15) is 18.0 Å². The average molecular weight is 397 g/mol. The standard InChI is InChI=1S/C18H18F3N3O4/c1-26-15-9-11(7-8-12(15)16(25)27-2)10-23-17(22)24-13-5-3-4-6-14(13)28-18(19,20)21/h3-9H,10H2,1-2H3,(H3,22,23,24). The summed E-state index contributed by atoms with van der Waals surface area (Å²) in [5.41, 5.74) is 6.68. The minimum absolute atomic E-state index is 0.0136. The van der Waals surface area contributed by atoms with Crippen molar-refractivity contribution in [2.75, 3.05) is 19.5 Å². The third kappa shape index (κ3) is 5.79. The number of para-hydroxylation sites is 2. The van der Waals surface area contributed by atoms with Crippen molar-refractivity contribution in [3.05, 3.63) is 53.6 Å². The van der Waals surface area contributed by atoms with E-state index < -0.39 is 18.1 Å². The second-order valence-electron chi connectivity index (χ2n) is 5.40. The van der Waals surface area contributed by atoms with Crippen LogP contribution in [0.1, 0.15) is 15.9 Å². The van der Waals surface area contributed by atoms with Gasteiger partial charge in [0.1, 0.15) is 11.3 Å². The summed E-state index contributed by atoms with van der Waals surface area (Å²) in [5, 5.41) is 2.57. The number of hydrogen-bond acceptors (Lipinski definition) is 5. The SMILES string of the molecule is COC(=O)c1ccc(CN=C(N)Nc2ccccc2OC(F)(F)F)cc1OC. The van der Waals surface area contributed by atoms with Crippen LogP contribution in [0.5, 0.6) is 11.5 Å². The van der Waals surface area contributed by atoms with Crippen molar-refractivity contribution in [1.82, 2.24) is 0 Å². The van der Waals surface area contributed by atoms with Gasteiger partial charge in [-0.2, -0.15) is 0 Å². The first-order valence-corrected chi connectivity index (χ1v) is 7.90. The zero-order valence-corrected chi connectivity index (χ0v) is 15.0. The minimum atomic E-state index is -4.83. The summed E-state index contributed by atoms with van der Waals surface area (Å²) in [6.45, 7) is 0.0962. The molecule has 0 aliphatic heterocycles. The Morgan fingerprint density at radius 1 is 1.14 bits per heavy atom. The molecule has 0 saturated heterocycles. The van der Waals surface area contributed by atoms with Gasteiger partial charge in [-0.05, 0) is 29.8 Å². The number of hydrogen-bond donors (Lipinski definition) is 2. The summed E-state index contributed by atoms with van der Waals surface area (Å²) in [6.07, 6.45) is -4.83. The van der Waals surface area contributed by atoms with Gasteiger partial charge in [-0.15, -0.1) is 13.2 Å². The normalized spacial score (nSPS) is 11.7. The van der Waals surface area contributed by atoms with E-state index in [0.29, 0.717) is 11.3 Å². The molecule has 2 aromatic rings. The largest absolute Gasteiger partial charge is 0.573 e. The summed E-state index contributed by atoms with van der Waals surface area (Å²) in [4.78, 5) is 15.7. The molecular weight excluding hydrogens is 379 g/mol. The number of methoxy groups -OCH3 is 2. The molecule has 0 saturated carbocycles. The highest BCUT2D eigenvalue weighted by Gasteiger charge is 2.32. The zero-order valence-electron chi connectivity index (χ0n) is 15.0. The number of nitrogens with two attached hydrogens (primary N) is 1. The predicted octanol–water partition coefficient (Wildman–Crippen LogP) is 3.31. The summed E-state index contributed by atoms with van der Waals surface area (Å²) in [6, 6.07) is 10.2. The first-order valence-electron chi connectivity index (χ1n) is 7.90. The Labute approximate surface area is 158 Å². The van der Waals surface area contributed by atoms with Gasteiger partial charge in [-0.25, -0.2) is 9.79 Å². The van der Waals surface area contributed by atoms with Gasteiger partial charge in [0.15, 0.2) is 11.7 Å². The van der Waals surface area contributed by atoms with Crippen molar-refractivity contribution < 1.29 is 32.2 Å². The lowest BCUT2D eigenvalue weighted by Crippen LogP contribution is -2.24. The Hall–Kier alpha value is -3.43. The quantitative estimate of drug-likeness (QED) is 0.441. The first-order chi connectivity index (χ1) is 13.2. The molecule has 2 rings (SSSR count). The zero-order chi connectivity index (χ0) is 20.7.